The van der Waals surface area contributed by atoms with Gasteiger partial charge in [0.25, 0.3) is 5.91 Å². The van der Waals surface area contributed by atoms with Gasteiger partial charge in [0.05, 0.1) is 10.9 Å². The minimum atomic E-state index is -0.173. The van der Waals surface area contributed by atoms with E-state index in [1.807, 2.05) is 48.7 Å². The third-order valence-electron chi connectivity index (χ3n) is 4.20. The van der Waals surface area contributed by atoms with Crippen molar-refractivity contribution in [3.05, 3.63) is 58.5 Å². The summed E-state index contributed by atoms with van der Waals surface area (Å²) in [5.41, 5.74) is 0.813. The lowest BCUT2D eigenvalue weighted by molar-refractivity contribution is -0.131. The molecule has 2 amide bonds. The number of hydrogen-bond acceptors (Lipinski definition) is 4. The number of hydrogen-bond donors (Lipinski definition) is 1. The molecule has 1 unspecified atom stereocenters. The van der Waals surface area contributed by atoms with Crippen molar-refractivity contribution < 1.29 is 14.0 Å². The standard InChI is InChI=1S/C19H20N2O3S/c1-13(16-12-14-6-3-4-7-15(14)24-16)21(2)18(22)9-10-20-19(23)17-8-5-11-25-17/h3-8,11-13H,9-10H2,1-2H3,(H,20,23). The molecule has 0 aliphatic rings. The number of amides is 2. The summed E-state index contributed by atoms with van der Waals surface area (Å²) < 4.78 is 5.83. The Labute approximate surface area is 150 Å². The van der Waals surface area contributed by atoms with Crippen LogP contribution in [0.5, 0.6) is 0 Å². The number of nitrogens with zero attached hydrogens (tertiary/aromatic N) is 1. The van der Waals surface area contributed by atoms with Crippen LogP contribution >= 0.6 is 11.3 Å². The molecule has 1 atom stereocenters. The summed E-state index contributed by atoms with van der Waals surface area (Å²) in [7, 11) is 1.75. The van der Waals surface area contributed by atoms with Crippen molar-refractivity contribution in [3.63, 3.8) is 0 Å². The first-order valence-electron chi connectivity index (χ1n) is 8.12. The number of rotatable bonds is 6. The lowest BCUT2D eigenvalue weighted by Gasteiger charge is -2.23. The molecule has 0 aliphatic carbocycles. The molecular weight excluding hydrogens is 336 g/mol. The van der Waals surface area contributed by atoms with Gasteiger partial charge in [0.15, 0.2) is 0 Å². The number of nitrogens with one attached hydrogen (secondary N) is 1. The zero-order chi connectivity index (χ0) is 17.8. The molecule has 0 fully saturated rings. The van der Waals surface area contributed by atoms with E-state index in [0.717, 1.165) is 16.7 Å². The number of benzene rings is 1. The van der Waals surface area contributed by atoms with E-state index in [0.29, 0.717) is 11.4 Å². The van der Waals surface area contributed by atoms with Crippen molar-refractivity contribution in [3.8, 4) is 0 Å². The van der Waals surface area contributed by atoms with Crippen molar-refractivity contribution >= 4 is 34.1 Å². The van der Waals surface area contributed by atoms with Crippen molar-refractivity contribution in [2.45, 2.75) is 19.4 Å². The molecule has 1 aromatic carbocycles. The fraction of sp³-hybridized carbons (Fsp3) is 0.263. The van der Waals surface area contributed by atoms with Crippen LogP contribution in [0.1, 0.15) is 34.8 Å². The van der Waals surface area contributed by atoms with E-state index in [9.17, 15) is 9.59 Å². The molecule has 0 spiro atoms. The third-order valence-corrected chi connectivity index (χ3v) is 5.07. The van der Waals surface area contributed by atoms with Crippen molar-refractivity contribution in [2.75, 3.05) is 13.6 Å². The zero-order valence-corrected chi connectivity index (χ0v) is 15.0. The van der Waals surface area contributed by atoms with Gasteiger partial charge in [-0.15, -0.1) is 11.3 Å². The number of fused-ring (bicyclic) bond motifs is 1. The quantitative estimate of drug-likeness (QED) is 0.730. The Morgan fingerprint density at radius 2 is 2.04 bits per heavy atom. The third kappa shape index (κ3) is 3.91. The van der Waals surface area contributed by atoms with Crippen LogP contribution in [0.3, 0.4) is 0 Å². The van der Waals surface area contributed by atoms with Gasteiger partial charge in [0.2, 0.25) is 5.91 Å². The topological polar surface area (TPSA) is 62.6 Å². The average Bonchev–Trinajstić information content (AvgIpc) is 3.29. The average molecular weight is 356 g/mol. The molecule has 5 nitrogen and oxygen atoms in total. The molecule has 130 valence electrons. The maximum atomic E-state index is 12.4. The Bertz CT molecular complexity index is 837. The van der Waals surface area contributed by atoms with E-state index >= 15 is 0 Å². The summed E-state index contributed by atoms with van der Waals surface area (Å²) in [4.78, 5) is 26.5. The molecule has 25 heavy (non-hydrogen) atoms. The van der Waals surface area contributed by atoms with Crippen molar-refractivity contribution in [1.29, 1.82) is 0 Å². The van der Waals surface area contributed by atoms with Gasteiger partial charge in [-0.3, -0.25) is 9.59 Å². The van der Waals surface area contributed by atoms with Crippen LogP contribution in [0.15, 0.2) is 52.3 Å². The second-order valence-electron chi connectivity index (χ2n) is 5.85. The number of furan rings is 1. The zero-order valence-electron chi connectivity index (χ0n) is 14.2. The first-order valence-corrected chi connectivity index (χ1v) is 9.00. The summed E-state index contributed by atoms with van der Waals surface area (Å²) in [6.07, 6.45) is 0.248. The fourth-order valence-electron chi connectivity index (χ4n) is 2.57. The van der Waals surface area contributed by atoms with Gasteiger partial charge in [0.1, 0.15) is 11.3 Å². The summed E-state index contributed by atoms with van der Waals surface area (Å²) in [5, 5.41) is 5.64. The molecule has 6 heteroatoms. The maximum absolute atomic E-state index is 12.4. The minimum absolute atomic E-state index is 0.0422. The normalized spacial score (nSPS) is 12.1. The predicted octanol–water partition coefficient (Wildman–Crippen LogP) is 3.83. The summed E-state index contributed by atoms with van der Waals surface area (Å²) in [6.45, 7) is 2.24. The first kappa shape index (κ1) is 17.2. The molecule has 1 N–H and O–H groups in total. The van der Waals surface area contributed by atoms with E-state index < -0.39 is 0 Å². The Hall–Kier alpha value is -2.60. The smallest absolute Gasteiger partial charge is 0.261 e. The van der Waals surface area contributed by atoms with Gasteiger partial charge < -0.3 is 14.6 Å². The maximum Gasteiger partial charge on any atom is 0.261 e. The van der Waals surface area contributed by atoms with Gasteiger partial charge in [-0.2, -0.15) is 0 Å². The van der Waals surface area contributed by atoms with Crippen molar-refractivity contribution in [1.82, 2.24) is 10.2 Å². The van der Waals surface area contributed by atoms with E-state index in [1.165, 1.54) is 11.3 Å². The second-order valence-corrected chi connectivity index (χ2v) is 6.80. The Kier molecular flexibility index (Phi) is 5.19. The van der Waals surface area contributed by atoms with E-state index in [1.54, 1.807) is 18.0 Å². The summed E-state index contributed by atoms with van der Waals surface area (Å²) in [5.74, 6) is 0.565. The second kappa shape index (κ2) is 7.53. The summed E-state index contributed by atoms with van der Waals surface area (Å²) in [6, 6.07) is 13.1. The molecule has 0 bridgehead atoms. The van der Waals surface area contributed by atoms with E-state index in [4.69, 9.17) is 4.42 Å². The number of thiophene rings is 1. The van der Waals surface area contributed by atoms with E-state index in [-0.39, 0.29) is 24.3 Å². The Morgan fingerprint density at radius 3 is 2.76 bits per heavy atom. The molecule has 2 heterocycles. The molecule has 0 aliphatic heterocycles. The first-order chi connectivity index (χ1) is 12.1. The molecule has 2 aromatic heterocycles. The monoisotopic (exact) mass is 356 g/mol. The highest BCUT2D eigenvalue weighted by Gasteiger charge is 2.20. The van der Waals surface area contributed by atoms with Crippen molar-refractivity contribution in [2.24, 2.45) is 0 Å². The van der Waals surface area contributed by atoms with Crippen LogP contribution in [0.25, 0.3) is 11.0 Å². The van der Waals surface area contributed by atoms with Gasteiger partial charge in [0, 0.05) is 25.4 Å². The van der Waals surface area contributed by atoms with Gasteiger partial charge in [-0.25, -0.2) is 0 Å². The van der Waals surface area contributed by atoms with Gasteiger partial charge >= 0.3 is 0 Å². The molecule has 3 rings (SSSR count). The predicted molar refractivity (Wildman–Crippen MR) is 98.7 cm³/mol. The number of carbonyl (C=O) groups is 2. The number of carbonyl (C=O) groups excluding carboxylic acids is 2. The SMILES string of the molecule is CC(c1cc2ccccc2o1)N(C)C(=O)CCNC(=O)c1cccs1. The lowest BCUT2D eigenvalue weighted by Crippen LogP contribution is -2.33. The molecule has 0 radical (unpaired) electrons. The van der Waals surface area contributed by atoms with Crippen LogP contribution in [0, 0.1) is 0 Å². The van der Waals surface area contributed by atoms with Gasteiger partial charge in [-0.1, -0.05) is 24.3 Å². The van der Waals surface area contributed by atoms with Crippen LogP contribution in [0.2, 0.25) is 0 Å². The largest absolute Gasteiger partial charge is 0.459 e. The van der Waals surface area contributed by atoms with Crippen LogP contribution in [-0.4, -0.2) is 30.3 Å². The van der Waals surface area contributed by atoms with E-state index in [2.05, 4.69) is 5.32 Å². The highest BCUT2D eigenvalue weighted by molar-refractivity contribution is 7.12. The lowest BCUT2D eigenvalue weighted by atomic mass is 10.2. The molecule has 0 saturated heterocycles. The Balaban J connectivity index is 1.55. The highest BCUT2D eigenvalue weighted by Crippen LogP contribution is 2.26. The molecule has 0 saturated carbocycles. The van der Waals surface area contributed by atoms with Crippen LogP contribution in [0.4, 0.5) is 0 Å². The highest BCUT2D eigenvalue weighted by atomic mass is 32.1. The minimum Gasteiger partial charge on any atom is -0.459 e. The summed E-state index contributed by atoms with van der Waals surface area (Å²) >= 11 is 1.38. The van der Waals surface area contributed by atoms with Gasteiger partial charge in [-0.05, 0) is 30.5 Å². The Morgan fingerprint density at radius 1 is 1.24 bits per heavy atom. The molecular formula is C19H20N2O3S. The van der Waals surface area contributed by atoms with Crippen LogP contribution < -0.4 is 5.32 Å². The number of para-hydroxylation sites is 1. The fourth-order valence-corrected chi connectivity index (χ4v) is 3.21. The van der Waals surface area contributed by atoms with Crippen LogP contribution in [-0.2, 0) is 4.79 Å². The molecule has 3 aromatic rings.